The molecule has 0 radical (unpaired) electrons. The van der Waals surface area contributed by atoms with Gasteiger partial charge in [-0.05, 0) is 43.8 Å². The SMILES string of the molecule is Cc1ccccc1-c1ncc(CN2CCC3(CC2)CNC(=O)C3)s1. The second-order valence-corrected chi connectivity index (χ2v) is 8.29. The van der Waals surface area contributed by atoms with Gasteiger partial charge in [0.05, 0.1) is 0 Å². The summed E-state index contributed by atoms with van der Waals surface area (Å²) in [5.41, 5.74) is 2.74. The normalized spacial score (nSPS) is 20.5. The molecule has 5 heteroatoms. The van der Waals surface area contributed by atoms with Crippen LogP contribution in [-0.4, -0.2) is 35.4 Å². The minimum atomic E-state index is 0.230. The number of aromatic nitrogens is 1. The van der Waals surface area contributed by atoms with Crippen molar-refractivity contribution in [2.24, 2.45) is 5.41 Å². The van der Waals surface area contributed by atoms with Gasteiger partial charge in [0.15, 0.2) is 0 Å². The molecule has 4 nitrogen and oxygen atoms in total. The molecule has 1 aromatic carbocycles. The fourth-order valence-corrected chi connectivity index (χ4v) is 4.87. The van der Waals surface area contributed by atoms with Crippen LogP contribution < -0.4 is 5.32 Å². The van der Waals surface area contributed by atoms with Crippen molar-refractivity contribution in [3.8, 4) is 10.6 Å². The summed E-state index contributed by atoms with van der Waals surface area (Å²) in [6.45, 7) is 6.13. The molecular weight excluding hydrogens is 318 g/mol. The van der Waals surface area contributed by atoms with E-state index in [1.54, 1.807) is 11.3 Å². The first kappa shape index (κ1) is 15.8. The first-order valence-corrected chi connectivity index (χ1v) is 9.45. The Morgan fingerprint density at radius 1 is 1.29 bits per heavy atom. The molecule has 1 spiro atoms. The molecule has 1 N–H and O–H groups in total. The van der Waals surface area contributed by atoms with Crippen LogP contribution >= 0.6 is 11.3 Å². The monoisotopic (exact) mass is 341 g/mol. The molecule has 0 atom stereocenters. The second-order valence-electron chi connectivity index (χ2n) is 7.18. The molecule has 0 aliphatic carbocycles. The lowest BCUT2D eigenvalue weighted by atomic mass is 9.78. The molecule has 2 aliphatic heterocycles. The Kier molecular flexibility index (Phi) is 4.14. The van der Waals surface area contributed by atoms with E-state index in [1.165, 1.54) is 16.0 Å². The summed E-state index contributed by atoms with van der Waals surface area (Å²) < 4.78 is 0. The maximum atomic E-state index is 11.5. The first-order chi connectivity index (χ1) is 11.6. The van der Waals surface area contributed by atoms with Crippen LogP contribution in [0.4, 0.5) is 0 Å². The molecule has 2 fully saturated rings. The summed E-state index contributed by atoms with van der Waals surface area (Å²) in [4.78, 5) is 20.0. The number of thiazole rings is 1. The van der Waals surface area contributed by atoms with Crippen molar-refractivity contribution in [2.45, 2.75) is 32.7 Å². The number of aryl methyl sites for hydroxylation is 1. The van der Waals surface area contributed by atoms with Crippen molar-refractivity contribution in [3.63, 3.8) is 0 Å². The maximum Gasteiger partial charge on any atom is 0.220 e. The molecule has 1 aromatic heterocycles. The number of carbonyl (C=O) groups is 1. The average Bonchev–Trinajstić information content (AvgIpc) is 3.18. The Balaban J connectivity index is 1.39. The number of benzene rings is 1. The van der Waals surface area contributed by atoms with Gasteiger partial charge in [-0.2, -0.15) is 0 Å². The minimum absolute atomic E-state index is 0.230. The van der Waals surface area contributed by atoms with E-state index in [0.29, 0.717) is 0 Å². The van der Waals surface area contributed by atoms with Crippen LogP contribution in [0.1, 0.15) is 29.7 Å². The van der Waals surface area contributed by atoms with E-state index < -0.39 is 0 Å². The fourth-order valence-electron chi connectivity index (χ4n) is 3.83. The number of hydrogen-bond donors (Lipinski definition) is 1. The van der Waals surface area contributed by atoms with Crippen molar-refractivity contribution >= 4 is 17.2 Å². The van der Waals surface area contributed by atoms with Crippen LogP contribution in [0.15, 0.2) is 30.5 Å². The van der Waals surface area contributed by atoms with Crippen molar-refractivity contribution in [1.29, 1.82) is 0 Å². The highest BCUT2D eigenvalue weighted by Gasteiger charge is 2.40. The fraction of sp³-hybridized carbons (Fsp3) is 0.474. The first-order valence-electron chi connectivity index (χ1n) is 8.63. The molecule has 3 heterocycles. The summed E-state index contributed by atoms with van der Waals surface area (Å²) in [7, 11) is 0. The molecule has 2 aliphatic rings. The number of nitrogens with one attached hydrogen (secondary N) is 1. The lowest BCUT2D eigenvalue weighted by Crippen LogP contribution is -2.40. The van der Waals surface area contributed by atoms with Crippen molar-refractivity contribution in [2.75, 3.05) is 19.6 Å². The zero-order valence-corrected chi connectivity index (χ0v) is 14.9. The average molecular weight is 341 g/mol. The van der Waals surface area contributed by atoms with Crippen LogP contribution in [0.2, 0.25) is 0 Å². The van der Waals surface area contributed by atoms with Gasteiger partial charge >= 0.3 is 0 Å². The summed E-state index contributed by atoms with van der Waals surface area (Å²) in [6, 6.07) is 8.42. The van der Waals surface area contributed by atoms with Gasteiger partial charge in [-0.1, -0.05) is 24.3 Å². The van der Waals surface area contributed by atoms with Crippen molar-refractivity contribution < 1.29 is 4.79 Å². The highest BCUT2D eigenvalue weighted by Crippen LogP contribution is 2.38. The lowest BCUT2D eigenvalue weighted by molar-refractivity contribution is -0.119. The number of nitrogens with zero attached hydrogens (tertiary/aromatic N) is 2. The summed E-state index contributed by atoms with van der Waals surface area (Å²) in [5.74, 6) is 0.230. The number of carbonyl (C=O) groups excluding carboxylic acids is 1. The van der Waals surface area contributed by atoms with Crippen LogP contribution in [0.25, 0.3) is 10.6 Å². The number of likely N-dealkylation sites (tertiary alicyclic amines) is 1. The Hall–Kier alpha value is -1.72. The second kappa shape index (κ2) is 6.30. The third-order valence-corrected chi connectivity index (χ3v) is 6.44. The number of amides is 1. The smallest absolute Gasteiger partial charge is 0.220 e. The van der Waals surface area contributed by atoms with Crippen molar-refractivity contribution in [1.82, 2.24) is 15.2 Å². The van der Waals surface area contributed by atoms with Crippen LogP contribution in [0, 0.1) is 12.3 Å². The molecule has 126 valence electrons. The number of hydrogen-bond acceptors (Lipinski definition) is 4. The summed E-state index contributed by atoms with van der Waals surface area (Å²) in [6.07, 6.45) is 4.99. The molecule has 4 rings (SSSR count). The predicted octanol–water partition coefficient (Wildman–Crippen LogP) is 3.22. The Morgan fingerprint density at radius 3 is 2.79 bits per heavy atom. The van der Waals surface area contributed by atoms with Crippen LogP contribution in [0.5, 0.6) is 0 Å². The lowest BCUT2D eigenvalue weighted by Gasteiger charge is -2.37. The van der Waals surface area contributed by atoms with Gasteiger partial charge in [0.2, 0.25) is 5.91 Å². The van der Waals surface area contributed by atoms with E-state index in [0.717, 1.165) is 50.4 Å². The van der Waals surface area contributed by atoms with Gasteiger partial charge < -0.3 is 5.32 Å². The van der Waals surface area contributed by atoms with E-state index in [9.17, 15) is 4.79 Å². The minimum Gasteiger partial charge on any atom is -0.356 e. The van der Waals surface area contributed by atoms with E-state index >= 15 is 0 Å². The van der Waals surface area contributed by atoms with Crippen LogP contribution in [0.3, 0.4) is 0 Å². The molecule has 0 saturated carbocycles. The zero-order valence-electron chi connectivity index (χ0n) is 14.0. The zero-order chi connectivity index (χ0) is 16.6. The van der Waals surface area contributed by atoms with E-state index in [4.69, 9.17) is 0 Å². The third-order valence-electron chi connectivity index (χ3n) is 5.42. The molecule has 2 saturated heterocycles. The molecule has 2 aromatic rings. The predicted molar refractivity (Wildman–Crippen MR) is 96.9 cm³/mol. The molecule has 24 heavy (non-hydrogen) atoms. The van der Waals surface area contributed by atoms with Gasteiger partial charge in [0, 0.05) is 36.1 Å². The molecule has 1 amide bonds. The number of rotatable bonds is 3. The van der Waals surface area contributed by atoms with E-state index in [2.05, 4.69) is 46.4 Å². The molecular formula is C19H23N3OS. The van der Waals surface area contributed by atoms with E-state index in [1.807, 2.05) is 6.20 Å². The van der Waals surface area contributed by atoms with Gasteiger partial charge in [-0.25, -0.2) is 4.98 Å². The highest BCUT2D eigenvalue weighted by molar-refractivity contribution is 7.15. The van der Waals surface area contributed by atoms with E-state index in [-0.39, 0.29) is 11.3 Å². The third kappa shape index (κ3) is 3.10. The Labute approximate surface area is 146 Å². The van der Waals surface area contributed by atoms with Crippen molar-refractivity contribution in [3.05, 3.63) is 40.9 Å². The van der Waals surface area contributed by atoms with Gasteiger partial charge in [-0.3, -0.25) is 9.69 Å². The quantitative estimate of drug-likeness (QED) is 0.932. The van der Waals surface area contributed by atoms with Gasteiger partial charge in [0.25, 0.3) is 0 Å². The summed E-state index contributed by atoms with van der Waals surface area (Å²) >= 11 is 1.80. The Morgan fingerprint density at radius 2 is 2.08 bits per heavy atom. The molecule has 0 unspecified atom stereocenters. The number of piperidine rings is 1. The van der Waals surface area contributed by atoms with Gasteiger partial charge in [-0.15, -0.1) is 11.3 Å². The Bertz CT molecular complexity index is 747. The topological polar surface area (TPSA) is 45.2 Å². The molecule has 0 bridgehead atoms. The highest BCUT2D eigenvalue weighted by atomic mass is 32.1. The van der Waals surface area contributed by atoms with Crippen LogP contribution in [-0.2, 0) is 11.3 Å². The standard InChI is InChI=1S/C19H23N3OS/c1-14-4-2-3-5-16(14)18-20-11-15(24-18)12-22-8-6-19(7-9-22)10-17(23)21-13-19/h2-5,11H,6-10,12-13H2,1H3,(H,21,23). The maximum absolute atomic E-state index is 11.5. The summed E-state index contributed by atoms with van der Waals surface area (Å²) in [5, 5.41) is 4.12. The van der Waals surface area contributed by atoms with Gasteiger partial charge in [0.1, 0.15) is 5.01 Å². The largest absolute Gasteiger partial charge is 0.356 e.